The van der Waals surface area contributed by atoms with E-state index in [1.807, 2.05) is 0 Å². The zero-order valence-electron chi connectivity index (χ0n) is 12.9. The van der Waals surface area contributed by atoms with Crippen molar-refractivity contribution in [3.05, 3.63) is 63.9 Å². The van der Waals surface area contributed by atoms with Crippen molar-refractivity contribution in [3.63, 3.8) is 0 Å². The van der Waals surface area contributed by atoms with E-state index in [1.165, 1.54) is 24.0 Å². The van der Waals surface area contributed by atoms with E-state index in [0.717, 1.165) is 11.6 Å². The minimum absolute atomic E-state index is 0.111. The molecular formula is C17H15Cl2FN2O2. The van der Waals surface area contributed by atoms with Gasteiger partial charge in [0.05, 0.1) is 5.02 Å². The Kier molecular flexibility index (Phi) is 6.17. The molecule has 0 fully saturated rings. The maximum absolute atomic E-state index is 13.2. The molecule has 0 saturated heterocycles. The Hall–Kier alpha value is -2.11. The summed E-state index contributed by atoms with van der Waals surface area (Å²) < 4.78 is 13.2. The molecule has 2 aromatic rings. The first-order valence-electron chi connectivity index (χ1n) is 7.11. The molecule has 0 radical (unpaired) electrons. The summed E-state index contributed by atoms with van der Waals surface area (Å²) in [4.78, 5) is 25.1. The van der Waals surface area contributed by atoms with Crippen LogP contribution in [0.3, 0.4) is 0 Å². The standard InChI is InChI=1S/C17H15Cl2FN2O2/c1-11(23)22(14-6-7-16(20)15(19)8-14)10-17(24)21-9-12-2-4-13(18)5-3-12/h2-8H,9-10H2,1H3,(H,21,24). The molecule has 0 aliphatic carbocycles. The fourth-order valence-electron chi connectivity index (χ4n) is 2.04. The summed E-state index contributed by atoms with van der Waals surface area (Å²) in [5.41, 5.74) is 1.24. The van der Waals surface area contributed by atoms with Gasteiger partial charge in [0, 0.05) is 24.2 Å². The SMILES string of the molecule is CC(=O)N(CC(=O)NCc1ccc(Cl)cc1)c1ccc(F)c(Cl)c1. The molecule has 7 heteroatoms. The van der Waals surface area contributed by atoms with Crippen molar-refractivity contribution in [3.8, 4) is 0 Å². The summed E-state index contributed by atoms with van der Waals surface area (Å²) in [6.45, 7) is 1.44. The molecule has 126 valence electrons. The number of halogens is 3. The lowest BCUT2D eigenvalue weighted by Gasteiger charge is -2.21. The molecule has 0 aliphatic heterocycles. The monoisotopic (exact) mass is 368 g/mol. The van der Waals surface area contributed by atoms with Crippen molar-refractivity contribution in [2.75, 3.05) is 11.4 Å². The van der Waals surface area contributed by atoms with Crippen molar-refractivity contribution in [1.82, 2.24) is 5.32 Å². The van der Waals surface area contributed by atoms with Crippen molar-refractivity contribution < 1.29 is 14.0 Å². The summed E-state index contributed by atoms with van der Waals surface area (Å²) >= 11 is 11.5. The van der Waals surface area contributed by atoms with E-state index in [1.54, 1.807) is 24.3 Å². The molecule has 0 saturated carbocycles. The van der Waals surface area contributed by atoms with Gasteiger partial charge in [0.15, 0.2) is 0 Å². The van der Waals surface area contributed by atoms with Crippen LogP contribution in [-0.4, -0.2) is 18.4 Å². The molecule has 1 N–H and O–H groups in total. The number of carbonyl (C=O) groups excluding carboxylic acids is 2. The van der Waals surface area contributed by atoms with E-state index in [-0.39, 0.29) is 23.4 Å². The van der Waals surface area contributed by atoms with Gasteiger partial charge >= 0.3 is 0 Å². The highest BCUT2D eigenvalue weighted by Crippen LogP contribution is 2.22. The Morgan fingerprint density at radius 2 is 1.79 bits per heavy atom. The third kappa shape index (κ3) is 4.94. The first-order chi connectivity index (χ1) is 11.4. The predicted molar refractivity (Wildman–Crippen MR) is 92.7 cm³/mol. The van der Waals surface area contributed by atoms with Crippen LogP contribution in [0.4, 0.5) is 10.1 Å². The minimum atomic E-state index is -0.587. The first-order valence-corrected chi connectivity index (χ1v) is 7.86. The van der Waals surface area contributed by atoms with Crippen molar-refractivity contribution in [2.24, 2.45) is 0 Å². The molecular weight excluding hydrogens is 354 g/mol. The zero-order chi connectivity index (χ0) is 17.7. The van der Waals surface area contributed by atoms with Crippen LogP contribution in [0.15, 0.2) is 42.5 Å². The number of benzene rings is 2. The van der Waals surface area contributed by atoms with Gasteiger partial charge in [0.1, 0.15) is 12.4 Å². The second-order valence-corrected chi connectivity index (χ2v) is 5.95. The maximum Gasteiger partial charge on any atom is 0.240 e. The van der Waals surface area contributed by atoms with Crippen molar-refractivity contribution in [1.29, 1.82) is 0 Å². The average Bonchev–Trinajstić information content (AvgIpc) is 2.54. The molecule has 2 aromatic carbocycles. The molecule has 2 rings (SSSR count). The number of hydrogen-bond donors (Lipinski definition) is 1. The normalized spacial score (nSPS) is 10.3. The summed E-state index contributed by atoms with van der Waals surface area (Å²) in [5.74, 6) is -1.28. The fraction of sp³-hybridized carbons (Fsp3) is 0.176. The van der Waals surface area contributed by atoms with Gasteiger partial charge in [-0.2, -0.15) is 0 Å². The van der Waals surface area contributed by atoms with Gasteiger partial charge in [-0.1, -0.05) is 35.3 Å². The van der Waals surface area contributed by atoms with Crippen molar-refractivity contribution >= 4 is 40.7 Å². The van der Waals surface area contributed by atoms with Crippen LogP contribution in [0.5, 0.6) is 0 Å². The number of carbonyl (C=O) groups is 2. The third-order valence-electron chi connectivity index (χ3n) is 3.30. The maximum atomic E-state index is 13.2. The predicted octanol–water partition coefficient (Wildman–Crippen LogP) is 3.80. The Morgan fingerprint density at radius 1 is 1.12 bits per heavy atom. The van der Waals surface area contributed by atoms with Crippen LogP contribution in [0.25, 0.3) is 0 Å². The number of rotatable bonds is 5. The lowest BCUT2D eigenvalue weighted by molar-refractivity contribution is -0.123. The fourth-order valence-corrected chi connectivity index (χ4v) is 2.34. The van der Waals surface area contributed by atoms with E-state index in [2.05, 4.69) is 5.32 Å². The molecule has 24 heavy (non-hydrogen) atoms. The zero-order valence-corrected chi connectivity index (χ0v) is 14.4. The van der Waals surface area contributed by atoms with Gasteiger partial charge in [0.2, 0.25) is 11.8 Å². The topological polar surface area (TPSA) is 49.4 Å². The Bertz CT molecular complexity index is 751. The number of hydrogen-bond acceptors (Lipinski definition) is 2. The molecule has 0 aromatic heterocycles. The molecule has 0 heterocycles. The van der Waals surface area contributed by atoms with E-state index in [4.69, 9.17) is 23.2 Å². The summed E-state index contributed by atoms with van der Waals surface area (Å²) in [5, 5.41) is 3.22. The van der Waals surface area contributed by atoms with Crippen LogP contribution in [0.2, 0.25) is 10.0 Å². The highest BCUT2D eigenvalue weighted by molar-refractivity contribution is 6.31. The second-order valence-electron chi connectivity index (χ2n) is 5.11. The van der Waals surface area contributed by atoms with E-state index in [0.29, 0.717) is 17.3 Å². The number of amides is 2. The van der Waals surface area contributed by atoms with Gasteiger partial charge < -0.3 is 10.2 Å². The number of nitrogens with zero attached hydrogens (tertiary/aromatic N) is 1. The van der Waals surface area contributed by atoms with Crippen LogP contribution in [0.1, 0.15) is 12.5 Å². The van der Waals surface area contributed by atoms with Gasteiger partial charge in [0.25, 0.3) is 0 Å². The van der Waals surface area contributed by atoms with Crippen molar-refractivity contribution in [2.45, 2.75) is 13.5 Å². The third-order valence-corrected chi connectivity index (χ3v) is 3.84. The Balaban J connectivity index is 2.01. The first kappa shape index (κ1) is 18.2. The Labute approximate surface area is 149 Å². The highest BCUT2D eigenvalue weighted by Gasteiger charge is 2.17. The molecule has 0 spiro atoms. The largest absolute Gasteiger partial charge is 0.350 e. The molecule has 2 amide bonds. The van der Waals surface area contributed by atoms with Crippen LogP contribution < -0.4 is 10.2 Å². The number of nitrogens with one attached hydrogen (secondary N) is 1. The van der Waals surface area contributed by atoms with Crippen LogP contribution in [-0.2, 0) is 16.1 Å². The lowest BCUT2D eigenvalue weighted by Crippen LogP contribution is -2.39. The van der Waals surface area contributed by atoms with Gasteiger partial charge in [-0.25, -0.2) is 4.39 Å². The van der Waals surface area contributed by atoms with E-state index < -0.39 is 5.82 Å². The molecule has 0 unspecified atom stereocenters. The minimum Gasteiger partial charge on any atom is -0.350 e. The Morgan fingerprint density at radius 3 is 2.38 bits per heavy atom. The van der Waals surface area contributed by atoms with Gasteiger partial charge in [-0.05, 0) is 35.9 Å². The molecule has 0 aliphatic rings. The number of anilines is 1. The van der Waals surface area contributed by atoms with Crippen LogP contribution in [0, 0.1) is 5.82 Å². The van der Waals surface area contributed by atoms with Gasteiger partial charge in [-0.3, -0.25) is 9.59 Å². The average molecular weight is 369 g/mol. The highest BCUT2D eigenvalue weighted by atomic mass is 35.5. The van der Waals surface area contributed by atoms with Crippen LogP contribution >= 0.6 is 23.2 Å². The smallest absolute Gasteiger partial charge is 0.240 e. The lowest BCUT2D eigenvalue weighted by atomic mass is 10.2. The van der Waals surface area contributed by atoms with E-state index >= 15 is 0 Å². The molecule has 0 atom stereocenters. The molecule has 4 nitrogen and oxygen atoms in total. The summed E-state index contributed by atoms with van der Waals surface area (Å²) in [7, 11) is 0. The summed E-state index contributed by atoms with van der Waals surface area (Å²) in [6.07, 6.45) is 0. The van der Waals surface area contributed by atoms with E-state index in [9.17, 15) is 14.0 Å². The second kappa shape index (κ2) is 8.13. The molecule has 0 bridgehead atoms. The quantitative estimate of drug-likeness (QED) is 0.872. The summed E-state index contributed by atoms with van der Waals surface area (Å²) in [6, 6.07) is 10.9. The van der Waals surface area contributed by atoms with Gasteiger partial charge in [-0.15, -0.1) is 0 Å².